The van der Waals surface area contributed by atoms with Crippen molar-refractivity contribution in [3.63, 3.8) is 0 Å². The minimum atomic E-state index is -0.870. The fourth-order valence-electron chi connectivity index (χ4n) is 3.84. The van der Waals surface area contributed by atoms with E-state index in [1.54, 1.807) is 18.3 Å². The molecular weight excluding hydrogens is 356 g/mol. The van der Waals surface area contributed by atoms with Gasteiger partial charge in [-0.2, -0.15) is 4.98 Å². The molecule has 26 heavy (non-hydrogen) atoms. The Morgan fingerprint density at radius 3 is 2.81 bits per heavy atom. The van der Waals surface area contributed by atoms with Crippen molar-refractivity contribution in [3.05, 3.63) is 29.3 Å². The van der Waals surface area contributed by atoms with Gasteiger partial charge in [-0.25, -0.2) is 9.78 Å². The van der Waals surface area contributed by atoms with E-state index in [0.717, 1.165) is 23.3 Å². The summed E-state index contributed by atoms with van der Waals surface area (Å²) in [5, 5.41) is 11.9. The summed E-state index contributed by atoms with van der Waals surface area (Å²) in [7, 11) is 0. The van der Waals surface area contributed by atoms with E-state index in [1.165, 1.54) is 16.2 Å². The minimum absolute atomic E-state index is 0.0229. The number of piperazine rings is 1. The van der Waals surface area contributed by atoms with Crippen molar-refractivity contribution in [2.24, 2.45) is 0 Å². The van der Waals surface area contributed by atoms with Crippen molar-refractivity contribution >= 4 is 40.8 Å². The van der Waals surface area contributed by atoms with Gasteiger partial charge in [0.25, 0.3) is 6.01 Å². The van der Waals surface area contributed by atoms with E-state index >= 15 is 0 Å². The van der Waals surface area contributed by atoms with Gasteiger partial charge in [-0.15, -0.1) is 11.3 Å². The minimum Gasteiger partial charge on any atom is -0.465 e. The van der Waals surface area contributed by atoms with Crippen LogP contribution in [0.15, 0.2) is 28.1 Å². The second-order valence-corrected chi connectivity index (χ2v) is 7.40. The second-order valence-electron chi connectivity index (χ2n) is 6.51. The number of aldehydes is 1. The van der Waals surface area contributed by atoms with E-state index in [4.69, 9.17) is 4.42 Å². The summed E-state index contributed by atoms with van der Waals surface area (Å²) in [5.41, 5.74) is 2.45. The van der Waals surface area contributed by atoms with Crippen LogP contribution in [0.4, 0.5) is 10.8 Å². The van der Waals surface area contributed by atoms with E-state index in [-0.39, 0.29) is 12.1 Å². The number of fused-ring (bicyclic) bond motifs is 3. The van der Waals surface area contributed by atoms with Crippen LogP contribution in [0.1, 0.15) is 16.8 Å². The normalized spacial score (nSPS) is 21.7. The molecule has 3 aliphatic rings. The standard InChI is InChI=1S/C17H14N4O4S/c22-8-9-3-12(15-18-1-2-26-15)14-13(4-9)19-16(25-14)20-6-10-5-11(7-20)21(10)17(23)24/h1-4,8,10-11H,5-7H2,(H,23,24). The Labute approximate surface area is 151 Å². The predicted octanol–water partition coefficient (Wildman–Crippen LogP) is 2.70. The van der Waals surface area contributed by atoms with Crippen molar-refractivity contribution in [2.75, 3.05) is 18.0 Å². The Bertz CT molecular complexity index is 1000. The number of benzene rings is 1. The average Bonchev–Trinajstić information content (AvgIpc) is 3.29. The molecule has 8 nitrogen and oxygen atoms in total. The van der Waals surface area contributed by atoms with E-state index in [9.17, 15) is 14.7 Å². The molecule has 3 saturated heterocycles. The molecule has 6 rings (SSSR count). The fraction of sp³-hybridized carbons (Fsp3) is 0.294. The Morgan fingerprint density at radius 2 is 2.15 bits per heavy atom. The molecule has 3 fully saturated rings. The third kappa shape index (κ3) is 2.20. The highest BCUT2D eigenvalue weighted by molar-refractivity contribution is 7.13. The topological polar surface area (TPSA) is 99.8 Å². The molecule has 3 aliphatic heterocycles. The maximum Gasteiger partial charge on any atom is 0.407 e. The number of oxazole rings is 1. The molecular formula is C17H14N4O4S. The Hall–Kier alpha value is -2.94. The smallest absolute Gasteiger partial charge is 0.407 e. The molecule has 132 valence electrons. The van der Waals surface area contributed by atoms with Crippen LogP contribution in [-0.4, -0.2) is 57.5 Å². The van der Waals surface area contributed by atoms with Gasteiger partial charge in [0.2, 0.25) is 0 Å². The SMILES string of the molecule is O=Cc1cc(-c2nccs2)c2oc(N3CC4CC(C3)N4C(=O)O)nc2c1. The maximum atomic E-state index is 11.3. The molecule has 0 radical (unpaired) electrons. The number of thiazole rings is 1. The Kier molecular flexibility index (Phi) is 3.26. The molecule has 0 spiro atoms. The van der Waals surface area contributed by atoms with Crippen LogP contribution in [0.3, 0.4) is 0 Å². The molecule has 2 unspecified atom stereocenters. The molecule has 2 aromatic heterocycles. The molecule has 2 bridgehead atoms. The lowest BCUT2D eigenvalue weighted by molar-refractivity contribution is 0.0101. The molecule has 1 aromatic carbocycles. The van der Waals surface area contributed by atoms with Crippen molar-refractivity contribution in [3.8, 4) is 10.6 Å². The number of hydrogen-bond donors (Lipinski definition) is 1. The van der Waals surface area contributed by atoms with Gasteiger partial charge in [-0.3, -0.25) is 9.69 Å². The third-order valence-corrected chi connectivity index (χ3v) is 5.79. The first kappa shape index (κ1) is 15.3. The summed E-state index contributed by atoms with van der Waals surface area (Å²) in [4.78, 5) is 34.9. The van der Waals surface area contributed by atoms with Crippen LogP contribution < -0.4 is 4.90 Å². The molecule has 1 N–H and O–H groups in total. The predicted molar refractivity (Wildman–Crippen MR) is 94.8 cm³/mol. The van der Waals surface area contributed by atoms with Gasteiger partial charge in [0.05, 0.1) is 17.6 Å². The highest BCUT2D eigenvalue weighted by Crippen LogP contribution is 2.38. The fourth-order valence-corrected chi connectivity index (χ4v) is 4.49. The zero-order valence-electron chi connectivity index (χ0n) is 13.5. The van der Waals surface area contributed by atoms with E-state index in [1.807, 2.05) is 10.3 Å². The number of rotatable bonds is 3. The Morgan fingerprint density at radius 1 is 1.35 bits per heavy atom. The van der Waals surface area contributed by atoms with Crippen molar-refractivity contribution in [1.82, 2.24) is 14.9 Å². The van der Waals surface area contributed by atoms with Crippen molar-refractivity contribution < 1.29 is 19.1 Å². The zero-order chi connectivity index (χ0) is 17.8. The average molecular weight is 370 g/mol. The summed E-state index contributed by atoms with van der Waals surface area (Å²) in [5.74, 6) is 0. The van der Waals surface area contributed by atoms with E-state index in [2.05, 4.69) is 9.97 Å². The summed E-state index contributed by atoms with van der Waals surface area (Å²) in [6.07, 6.45) is 2.49. The van der Waals surface area contributed by atoms with Crippen molar-refractivity contribution in [2.45, 2.75) is 18.5 Å². The quantitative estimate of drug-likeness (QED) is 0.708. The lowest BCUT2D eigenvalue weighted by Gasteiger charge is -2.54. The van der Waals surface area contributed by atoms with Gasteiger partial charge < -0.3 is 14.4 Å². The largest absolute Gasteiger partial charge is 0.465 e. The van der Waals surface area contributed by atoms with Crippen LogP contribution in [0, 0.1) is 0 Å². The third-order valence-electron chi connectivity index (χ3n) is 4.98. The summed E-state index contributed by atoms with van der Waals surface area (Å²) < 4.78 is 6.03. The van der Waals surface area contributed by atoms with Crippen LogP contribution in [-0.2, 0) is 0 Å². The molecule has 0 saturated carbocycles. The number of anilines is 1. The van der Waals surface area contributed by atoms with Gasteiger partial charge in [0.15, 0.2) is 5.58 Å². The van der Waals surface area contributed by atoms with Gasteiger partial charge in [0, 0.05) is 30.2 Å². The lowest BCUT2D eigenvalue weighted by atomic mass is 9.88. The summed E-state index contributed by atoms with van der Waals surface area (Å²) in [6, 6.07) is 3.86. The molecule has 1 amide bonds. The van der Waals surface area contributed by atoms with Crippen LogP contribution in [0.2, 0.25) is 0 Å². The zero-order valence-corrected chi connectivity index (χ0v) is 14.3. The van der Waals surface area contributed by atoms with E-state index in [0.29, 0.717) is 35.8 Å². The number of nitrogens with zero attached hydrogens (tertiary/aromatic N) is 4. The molecule has 9 heteroatoms. The first-order valence-electron chi connectivity index (χ1n) is 8.20. The first-order valence-corrected chi connectivity index (χ1v) is 9.08. The second kappa shape index (κ2) is 5.53. The number of amides is 1. The van der Waals surface area contributed by atoms with Crippen LogP contribution in [0.25, 0.3) is 21.7 Å². The number of piperidine rings is 1. The van der Waals surface area contributed by atoms with E-state index < -0.39 is 6.09 Å². The first-order chi connectivity index (χ1) is 12.6. The monoisotopic (exact) mass is 370 g/mol. The van der Waals surface area contributed by atoms with Crippen molar-refractivity contribution in [1.29, 1.82) is 0 Å². The molecule has 5 heterocycles. The number of hydrogen-bond acceptors (Lipinski definition) is 7. The number of aromatic nitrogens is 2. The highest BCUT2D eigenvalue weighted by Gasteiger charge is 2.48. The summed E-state index contributed by atoms with van der Waals surface area (Å²) >= 11 is 1.47. The number of carbonyl (C=O) groups is 2. The van der Waals surface area contributed by atoms with Gasteiger partial charge >= 0.3 is 6.09 Å². The lowest BCUT2D eigenvalue weighted by Crippen LogP contribution is -2.70. The van der Waals surface area contributed by atoms with Gasteiger partial charge in [0.1, 0.15) is 16.8 Å². The molecule has 3 aromatic rings. The molecule has 0 aliphatic carbocycles. The van der Waals surface area contributed by atoms with Gasteiger partial charge in [-0.05, 0) is 18.6 Å². The summed E-state index contributed by atoms with van der Waals surface area (Å²) in [6.45, 7) is 1.12. The van der Waals surface area contributed by atoms with Crippen LogP contribution >= 0.6 is 11.3 Å². The maximum absolute atomic E-state index is 11.3. The number of carboxylic acid groups (broad SMARTS) is 1. The number of carbonyl (C=O) groups excluding carboxylic acids is 1. The molecule has 2 atom stereocenters. The van der Waals surface area contributed by atoms with Crippen LogP contribution in [0.5, 0.6) is 0 Å². The van der Waals surface area contributed by atoms with Gasteiger partial charge in [-0.1, -0.05) is 0 Å². The Balaban J connectivity index is 1.54. The highest BCUT2D eigenvalue weighted by atomic mass is 32.1.